The second kappa shape index (κ2) is 15.0. The van der Waals surface area contributed by atoms with Crippen LogP contribution in [0.15, 0.2) is 211 Å². The quantitative estimate of drug-likeness (QED) is 0.159. The van der Waals surface area contributed by atoms with Gasteiger partial charge in [-0.2, -0.15) is 0 Å². The highest BCUT2D eigenvalue weighted by Gasteiger charge is 2.38. The van der Waals surface area contributed by atoms with Crippen LogP contribution in [0, 0.1) is 0 Å². The third kappa shape index (κ3) is 6.48. The maximum atomic E-state index is 6.59. The van der Waals surface area contributed by atoms with E-state index in [9.17, 15) is 0 Å². The smallest absolute Gasteiger partial charge is 0.135 e. The minimum atomic E-state index is 0.119. The van der Waals surface area contributed by atoms with E-state index in [1.165, 1.54) is 84.4 Å². The predicted octanol–water partition coefficient (Wildman–Crippen LogP) is 17.5. The van der Waals surface area contributed by atoms with Crippen molar-refractivity contribution < 1.29 is 4.42 Å². The zero-order valence-electron chi connectivity index (χ0n) is 37.3. The number of hydrogen-bond donors (Lipinski definition) is 0. The van der Waals surface area contributed by atoms with Gasteiger partial charge in [0, 0.05) is 38.6 Å². The Hall–Kier alpha value is -7.62. The maximum Gasteiger partial charge on any atom is 0.135 e. The molecule has 0 saturated carbocycles. The monoisotopic (exact) mass is 838 g/mol. The van der Waals surface area contributed by atoms with Crippen LogP contribution in [-0.2, 0) is 10.8 Å². The van der Waals surface area contributed by atoms with Crippen LogP contribution in [-0.4, -0.2) is 4.57 Å². The number of benzene rings is 9. The average Bonchev–Trinajstić information content (AvgIpc) is 3.89. The number of rotatable bonds is 7. The topological polar surface area (TPSA) is 21.3 Å². The van der Waals surface area contributed by atoms with Crippen LogP contribution in [0.5, 0.6) is 0 Å². The summed E-state index contributed by atoms with van der Waals surface area (Å²) in [6.45, 7) is 9.55. The largest absolute Gasteiger partial charge is 0.456 e. The van der Waals surface area contributed by atoms with Gasteiger partial charge in [0.2, 0.25) is 0 Å². The summed E-state index contributed by atoms with van der Waals surface area (Å²) in [6.07, 6.45) is 2.36. The number of para-hydroxylation sites is 2. The number of anilines is 3. The van der Waals surface area contributed by atoms with Crippen LogP contribution >= 0.6 is 0 Å². The average molecular weight is 839 g/mol. The molecule has 65 heavy (non-hydrogen) atoms. The molecule has 0 unspecified atom stereocenters. The minimum absolute atomic E-state index is 0.119. The van der Waals surface area contributed by atoms with E-state index in [0.29, 0.717) is 0 Å². The molecule has 0 saturated heterocycles. The molecule has 3 nitrogen and oxygen atoms in total. The van der Waals surface area contributed by atoms with Crippen LogP contribution < -0.4 is 4.90 Å². The van der Waals surface area contributed by atoms with Crippen LogP contribution in [0.1, 0.15) is 51.7 Å². The summed E-state index contributed by atoms with van der Waals surface area (Å²) in [5.74, 6) is 0. The lowest BCUT2D eigenvalue weighted by molar-refractivity contribution is 0.332. The van der Waals surface area contributed by atoms with Crippen molar-refractivity contribution in [3.63, 3.8) is 0 Å². The molecule has 9 aromatic carbocycles. The first-order valence-corrected chi connectivity index (χ1v) is 23.0. The molecule has 0 aliphatic heterocycles. The van der Waals surface area contributed by atoms with Gasteiger partial charge in [0.15, 0.2) is 0 Å². The van der Waals surface area contributed by atoms with Crippen LogP contribution in [0.2, 0.25) is 0 Å². The van der Waals surface area contributed by atoms with Gasteiger partial charge in [0.25, 0.3) is 0 Å². The summed E-state index contributed by atoms with van der Waals surface area (Å²) in [5.41, 5.74) is 19.0. The van der Waals surface area contributed by atoms with E-state index >= 15 is 0 Å². The van der Waals surface area contributed by atoms with Crippen LogP contribution in [0.3, 0.4) is 0 Å². The van der Waals surface area contributed by atoms with Gasteiger partial charge >= 0.3 is 0 Å². The van der Waals surface area contributed by atoms with Gasteiger partial charge in [0.1, 0.15) is 11.2 Å². The van der Waals surface area contributed by atoms with Crippen LogP contribution in [0.4, 0.5) is 17.1 Å². The molecule has 3 heteroatoms. The Kier molecular flexibility index (Phi) is 9.00. The fraction of sp³-hybridized carbons (Fsp3) is 0.129. The lowest BCUT2D eigenvalue weighted by Crippen LogP contribution is -2.33. The first kappa shape index (κ1) is 39.0. The Morgan fingerprint density at radius 3 is 1.66 bits per heavy atom. The highest BCUT2D eigenvalue weighted by atomic mass is 16.3. The predicted molar refractivity (Wildman–Crippen MR) is 274 cm³/mol. The Morgan fingerprint density at radius 1 is 0.415 bits per heavy atom. The molecule has 0 bridgehead atoms. The molecule has 0 amide bonds. The zero-order chi connectivity index (χ0) is 43.9. The first-order valence-electron chi connectivity index (χ1n) is 23.0. The third-order valence-corrected chi connectivity index (χ3v) is 14.3. The standard InChI is InChI=1S/C62H50N2O/c1-61(2)36-37-62(3,4)54-40-59-52(39-53(54)61)51-38-44(30-35-58(51)65-59)49-21-12-11-20-48(49)43-28-33-47(34-29-43)63(46-31-26-42(27-32-46)41-16-7-5-8-17-41)56-24-15-25-57-60(56)50-22-13-14-23-55(50)64(57)45-18-9-6-10-19-45/h5-35,38-40H,36-37H2,1-4H3. The number of nitrogens with zero attached hydrogens (tertiary/aromatic N) is 2. The number of fused-ring (bicyclic) bond motifs is 7. The van der Waals surface area contributed by atoms with E-state index in [0.717, 1.165) is 39.5 Å². The molecular weight excluding hydrogens is 789 g/mol. The van der Waals surface area contributed by atoms with E-state index in [2.05, 4.69) is 243 Å². The van der Waals surface area contributed by atoms with Crippen molar-refractivity contribution in [1.29, 1.82) is 0 Å². The van der Waals surface area contributed by atoms with E-state index in [4.69, 9.17) is 4.42 Å². The molecule has 0 spiro atoms. The molecule has 1 aliphatic carbocycles. The summed E-state index contributed by atoms with van der Waals surface area (Å²) in [5, 5.41) is 4.80. The second-order valence-corrected chi connectivity index (χ2v) is 19.2. The van der Waals surface area contributed by atoms with Gasteiger partial charge in [-0.25, -0.2) is 0 Å². The lowest BCUT2D eigenvalue weighted by Gasteiger charge is -2.41. The van der Waals surface area contributed by atoms with E-state index in [1.54, 1.807) is 0 Å². The van der Waals surface area contributed by atoms with Gasteiger partial charge in [-0.1, -0.05) is 155 Å². The van der Waals surface area contributed by atoms with Crippen molar-refractivity contribution in [2.75, 3.05) is 4.90 Å². The normalized spacial score (nSPS) is 14.3. The minimum Gasteiger partial charge on any atom is -0.456 e. The van der Waals surface area contributed by atoms with E-state index < -0.39 is 0 Å². The molecule has 11 aromatic rings. The summed E-state index contributed by atoms with van der Waals surface area (Å²) in [4.78, 5) is 2.42. The lowest BCUT2D eigenvalue weighted by atomic mass is 9.63. The molecule has 2 heterocycles. The molecule has 2 aromatic heterocycles. The van der Waals surface area contributed by atoms with Crippen molar-refractivity contribution in [1.82, 2.24) is 4.57 Å². The molecule has 0 radical (unpaired) electrons. The molecule has 314 valence electrons. The highest BCUT2D eigenvalue weighted by molar-refractivity contribution is 6.16. The Labute approximate surface area is 380 Å². The van der Waals surface area contributed by atoms with Gasteiger partial charge in [0.05, 0.1) is 16.7 Å². The second-order valence-electron chi connectivity index (χ2n) is 19.2. The first-order chi connectivity index (χ1) is 31.7. The maximum absolute atomic E-state index is 6.59. The van der Waals surface area contributed by atoms with E-state index in [-0.39, 0.29) is 10.8 Å². The number of furan rings is 1. The van der Waals surface area contributed by atoms with Crippen molar-refractivity contribution in [2.24, 2.45) is 0 Å². The molecule has 0 atom stereocenters. The fourth-order valence-corrected chi connectivity index (χ4v) is 10.7. The molecular formula is C62H50N2O. The Balaban J connectivity index is 0.983. The molecule has 1 aliphatic rings. The van der Waals surface area contributed by atoms with Crippen LogP contribution in [0.25, 0.3) is 82.8 Å². The summed E-state index contributed by atoms with van der Waals surface area (Å²) in [6, 6.07) is 75.3. The Bertz CT molecular complexity index is 3570. The van der Waals surface area contributed by atoms with Gasteiger partial charge in [-0.3, -0.25) is 0 Å². The summed E-state index contributed by atoms with van der Waals surface area (Å²) >= 11 is 0. The highest BCUT2D eigenvalue weighted by Crippen LogP contribution is 2.49. The van der Waals surface area contributed by atoms with Crippen molar-refractivity contribution in [3.05, 3.63) is 217 Å². The van der Waals surface area contributed by atoms with Crippen molar-refractivity contribution in [2.45, 2.75) is 51.4 Å². The summed E-state index contributed by atoms with van der Waals surface area (Å²) < 4.78 is 8.98. The van der Waals surface area contributed by atoms with Gasteiger partial charge < -0.3 is 13.9 Å². The molecule has 0 N–H and O–H groups in total. The fourth-order valence-electron chi connectivity index (χ4n) is 10.7. The molecule has 12 rings (SSSR count). The Morgan fingerprint density at radius 2 is 0.954 bits per heavy atom. The van der Waals surface area contributed by atoms with Crippen molar-refractivity contribution in [3.8, 4) is 39.1 Å². The number of aromatic nitrogens is 1. The van der Waals surface area contributed by atoms with Gasteiger partial charge in [-0.05, 0) is 147 Å². The van der Waals surface area contributed by atoms with Gasteiger partial charge in [-0.15, -0.1) is 0 Å². The van der Waals surface area contributed by atoms with E-state index in [1.807, 2.05) is 0 Å². The molecule has 0 fully saturated rings. The number of hydrogen-bond acceptors (Lipinski definition) is 2. The summed E-state index contributed by atoms with van der Waals surface area (Å²) in [7, 11) is 0. The SMILES string of the molecule is CC1(C)CCC(C)(C)c2cc3c(cc21)oc1ccc(-c2ccccc2-c2ccc(N(c4ccc(-c5ccccc5)cc4)c4cccc5c4c4ccccc4n5-c4ccccc4)cc2)cc13. The van der Waals surface area contributed by atoms with Crippen molar-refractivity contribution >= 4 is 60.8 Å². The zero-order valence-corrected chi connectivity index (χ0v) is 37.3. The third-order valence-electron chi connectivity index (χ3n) is 14.3.